The van der Waals surface area contributed by atoms with Gasteiger partial charge in [-0.2, -0.15) is 0 Å². The first kappa shape index (κ1) is 25.2. The summed E-state index contributed by atoms with van der Waals surface area (Å²) in [7, 11) is 1.47. The first-order valence-corrected chi connectivity index (χ1v) is 12.0. The van der Waals surface area contributed by atoms with Crippen molar-refractivity contribution in [2.24, 2.45) is 0 Å². The lowest BCUT2D eigenvalue weighted by molar-refractivity contribution is -0.119. The maximum Gasteiger partial charge on any atom is 0.250 e. The Hall–Kier alpha value is -4.47. The van der Waals surface area contributed by atoms with Crippen LogP contribution in [0.5, 0.6) is 5.75 Å². The summed E-state index contributed by atoms with van der Waals surface area (Å²) in [6, 6.07) is 20.9. The van der Waals surface area contributed by atoms with Crippen LogP contribution in [0.2, 0.25) is 5.02 Å². The Morgan fingerprint density at radius 3 is 2.71 bits per heavy atom. The Morgan fingerprint density at radius 1 is 1.03 bits per heavy atom. The number of carbonyl (C=O) groups excluding carboxylic acids is 1. The van der Waals surface area contributed by atoms with Crippen LogP contribution in [0.1, 0.15) is 5.56 Å². The van der Waals surface area contributed by atoms with E-state index in [0.29, 0.717) is 44.6 Å². The topological polar surface area (TPSA) is 101 Å². The highest BCUT2D eigenvalue weighted by molar-refractivity contribution is 6.32. The average Bonchev–Trinajstić information content (AvgIpc) is 3.34. The summed E-state index contributed by atoms with van der Waals surface area (Å²) in [6.45, 7) is 0.171. The molecule has 2 heterocycles. The number of methoxy groups -OCH3 is 1. The molecule has 0 bridgehead atoms. The molecule has 2 aromatic heterocycles. The second-order valence-electron chi connectivity index (χ2n) is 8.42. The van der Waals surface area contributed by atoms with Crippen LogP contribution in [0.3, 0.4) is 0 Å². The number of benzene rings is 3. The van der Waals surface area contributed by atoms with Gasteiger partial charge in [0.15, 0.2) is 5.82 Å². The number of ether oxygens (including phenoxy) is 2. The zero-order chi connectivity index (χ0) is 26.5. The van der Waals surface area contributed by atoms with E-state index in [-0.39, 0.29) is 24.9 Å². The zero-order valence-corrected chi connectivity index (χ0v) is 21.1. The number of anilines is 3. The predicted octanol–water partition coefficient (Wildman–Crippen LogP) is 6.32. The Morgan fingerprint density at radius 2 is 1.89 bits per heavy atom. The van der Waals surface area contributed by atoms with Gasteiger partial charge >= 0.3 is 0 Å². The van der Waals surface area contributed by atoms with Crippen LogP contribution in [0.4, 0.5) is 21.6 Å². The number of rotatable bonds is 9. The van der Waals surface area contributed by atoms with Gasteiger partial charge in [0, 0.05) is 29.7 Å². The molecule has 192 valence electrons. The van der Waals surface area contributed by atoms with Crippen molar-refractivity contribution in [2.45, 2.75) is 6.61 Å². The van der Waals surface area contributed by atoms with Crippen molar-refractivity contribution in [1.82, 2.24) is 15.0 Å². The molecule has 0 fully saturated rings. The van der Waals surface area contributed by atoms with E-state index in [4.69, 9.17) is 21.1 Å². The third kappa shape index (κ3) is 5.91. The minimum Gasteiger partial charge on any atom is -0.487 e. The van der Waals surface area contributed by atoms with E-state index < -0.39 is 0 Å². The second-order valence-corrected chi connectivity index (χ2v) is 8.82. The number of fused-ring (bicyclic) bond motifs is 1. The minimum atomic E-state index is -0.318. The maximum atomic E-state index is 13.4. The molecular weight excluding hydrogens is 509 g/mol. The number of nitrogens with one attached hydrogen (secondary N) is 3. The molecule has 0 aliphatic rings. The van der Waals surface area contributed by atoms with Crippen LogP contribution in [-0.4, -0.2) is 34.6 Å². The van der Waals surface area contributed by atoms with E-state index in [9.17, 15) is 9.18 Å². The molecule has 0 radical (unpaired) electrons. The molecule has 0 spiro atoms. The van der Waals surface area contributed by atoms with Crippen molar-refractivity contribution in [3.63, 3.8) is 0 Å². The number of carbonyl (C=O) groups is 1. The standard InChI is InChI=1S/C28H23ClFN5O3/c1-37-15-26(36)33-20-7-3-5-18(11-20)23-13-24-27(35-23)28(32-16-31-24)34-21-8-9-25(22(29)12-21)38-14-17-4-2-6-19(30)10-17/h2-13,16,35H,14-15H2,1H3,(H,33,36)(H,31,32,34). The van der Waals surface area contributed by atoms with Crippen LogP contribution in [-0.2, 0) is 16.1 Å². The van der Waals surface area contributed by atoms with Gasteiger partial charge in [0.2, 0.25) is 5.91 Å². The van der Waals surface area contributed by atoms with Gasteiger partial charge in [-0.25, -0.2) is 14.4 Å². The number of hydrogen-bond acceptors (Lipinski definition) is 6. The van der Waals surface area contributed by atoms with Crippen LogP contribution < -0.4 is 15.4 Å². The molecule has 5 aromatic rings. The molecule has 0 unspecified atom stereocenters. The Bertz CT molecular complexity index is 1610. The van der Waals surface area contributed by atoms with Crippen molar-refractivity contribution < 1.29 is 18.7 Å². The fourth-order valence-electron chi connectivity index (χ4n) is 3.90. The average molecular weight is 532 g/mol. The molecular formula is C28H23ClFN5O3. The third-order valence-corrected chi connectivity index (χ3v) is 5.92. The number of halogens is 2. The molecule has 5 rings (SSSR count). The lowest BCUT2D eigenvalue weighted by Crippen LogP contribution is -2.16. The van der Waals surface area contributed by atoms with Gasteiger partial charge in [-0.15, -0.1) is 0 Å². The summed E-state index contributed by atoms with van der Waals surface area (Å²) in [5.41, 5.74) is 5.16. The molecule has 3 aromatic carbocycles. The van der Waals surface area contributed by atoms with E-state index in [1.54, 1.807) is 24.3 Å². The van der Waals surface area contributed by atoms with Crippen molar-refractivity contribution in [1.29, 1.82) is 0 Å². The monoisotopic (exact) mass is 531 g/mol. The van der Waals surface area contributed by atoms with E-state index in [1.165, 1.54) is 25.6 Å². The number of hydrogen-bond donors (Lipinski definition) is 3. The maximum absolute atomic E-state index is 13.4. The van der Waals surface area contributed by atoms with Crippen molar-refractivity contribution >= 4 is 45.7 Å². The highest BCUT2D eigenvalue weighted by Crippen LogP contribution is 2.32. The van der Waals surface area contributed by atoms with Crippen LogP contribution in [0.15, 0.2) is 79.1 Å². The van der Waals surface area contributed by atoms with Gasteiger partial charge in [0.25, 0.3) is 0 Å². The molecule has 0 saturated heterocycles. The van der Waals surface area contributed by atoms with E-state index in [1.807, 2.05) is 36.4 Å². The molecule has 8 nitrogen and oxygen atoms in total. The highest BCUT2D eigenvalue weighted by atomic mass is 35.5. The summed E-state index contributed by atoms with van der Waals surface area (Å²) in [4.78, 5) is 24.0. The Labute approximate surface area is 222 Å². The quantitative estimate of drug-likeness (QED) is 0.205. The van der Waals surface area contributed by atoms with Crippen LogP contribution in [0.25, 0.3) is 22.3 Å². The number of amides is 1. The van der Waals surface area contributed by atoms with Gasteiger partial charge in [0.1, 0.15) is 36.6 Å². The molecule has 38 heavy (non-hydrogen) atoms. The first-order chi connectivity index (χ1) is 18.5. The van der Waals surface area contributed by atoms with Gasteiger partial charge in [0.05, 0.1) is 10.5 Å². The van der Waals surface area contributed by atoms with Gasteiger partial charge < -0.3 is 25.1 Å². The Kier molecular flexibility index (Phi) is 7.48. The van der Waals surface area contributed by atoms with Gasteiger partial charge in [-0.1, -0.05) is 35.9 Å². The van der Waals surface area contributed by atoms with Crippen molar-refractivity contribution in [3.05, 3.63) is 95.5 Å². The van der Waals surface area contributed by atoms with Crippen LogP contribution in [0, 0.1) is 5.82 Å². The molecule has 0 saturated carbocycles. The fourth-order valence-corrected chi connectivity index (χ4v) is 4.14. The zero-order valence-electron chi connectivity index (χ0n) is 20.3. The fraction of sp³-hybridized carbons (Fsp3) is 0.107. The number of H-pyrrole nitrogens is 1. The van der Waals surface area contributed by atoms with Gasteiger partial charge in [-0.3, -0.25) is 4.79 Å². The Balaban J connectivity index is 1.33. The number of aromatic nitrogens is 3. The third-order valence-electron chi connectivity index (χ3n) is 5.63. The lowest BCUT2D eigenvalue weighted by atomic mass is 10.1. The number of aromatic amines is 1. The number of nitrogens with zero attached hydrogens (tertiary/aromatic N) is 2. The first-order valence-electron chi connectivity index (χ1n) is 11.7. The van der Waals surface area contributed by atoms with E-state index in [2.05, 4.69) is 25.6 Å². The SMILES string of the molecule is COCC(=O)Nc1cccc(-c2cc3ncnc(Nc4ccc(OCc5cccc(F)c5)c(Cl)c4)c3[nH]2)c1. The molecule has 0 atom stereocenters. The van der Waals surface area contributed by atoms with Crippen molar-refractivity contribution in [3.8, 4) is 17.0 Å². The second kappa shape index (κ2) is 11.3. The normalized spacial score (nSPS) is 10.9. The van der Waals surface area contributed by atoms with Crippen LogP contribution >= 0.6 is 11.6 Å². The summed E-state index contributed by atoms with van der Waals surface area (Å²) < 4.78 is 24.0. The molecule has 1 amide bonds. The molecule has 0 aliphatic carbocycles. The minimum absolute atomic E-state index is 0.0225. The van der Waals surface area contributed by atoms with Gasteiger partial charge in [-0.05, 0) is 54.1 Å². The lowest BCUT2D eigenvalue weighted by Gasteiger charge is -2.11. The summed E-state index contributed by atoms with van der Waals surface area (Å²) >= 11 is 6.45. The van der Waals surface area contributed by atoms with E-state index in [0.717, 1.165) is 11.3 Å². The van der Waals surface area contributed by atoms with Crippen molar-refractivity contribution in [2.75, 3.05) is 24.4 Å². The predicted molar refractivity (Wildman–Crippen MR) is 145 cm³/mol. The molecule has 3 N–H and O–H groups in total. The molecule has 10 heteroatoms. The highest BCUT2D eigenvalue weighted by Gasteiger charge is 2.12. The summed E-state index contributed by atoms with van der Waals surface area (Å²) in [5, 5.41) is 6.47. The summed E-state index contributed by atoms with van der Waals surface area (Å²) in [6.07, 6.45) is 1.47. The van der Waals surface area contributed by atoms with E-state index >= 15 is 0 Å². The largest absolute Gasteiger partial charge is 0.487 e. The molecule has 0 aliphatic heterocycles. The summed E-state index contributed by atoms with van der Waals surface area (Å²) in [5.74, 6) is 0.494. The smallest absolute Gasteiger partial charge is 0.250 e.